The molecule has 3 nitrogen and oxygen atoms in total. The molecule has 1 heterocycles. The Morgan fingerprint density at radius 2 is 2.32 bits per heavy atom. The van der Waals surface area contributed by atoms with Crippen molar-refractivity contribution in [3.8, 4) is 6.07 Å². The Bertz CT molecular complexity index is 479. The summed E-state index contributed by atoms with van der Waals surface area (Å²) >= 11 is 0. The van der Waals surface area contributed by atoms with Crippen LogP contribution in [0.4, 0.5) is 10.1 Å². The van der Waals surface area contributed by atoms with E-state index in [9.17, 15) is 4.39 Å². The third-order valence-electron chi connectivity index (χ3n) is 3.49. The van der Waals surface area contributed by atoms with Gasteiger partial charge in [-0.25, -0.2) is 4.39 Å². The van der Waals surface area contributed by atoms with Crippen molar-refractivity contribution in [3.63, 3.8) is 0 Å². The lowest BCUT2D eigenvalue weighted by molar-refractivity contribution is 0.369. The Balaban J connectivity index is 2.32. The summed E-state index contributed by atoms with van der Waals surface area (Å²) in [4.78, 5) is 2.16. The number of anilines is 1. The summed E-state index contributed by atoms with van der Waals surface area (Å²) in [7, 11) is 0. The van der Waals surface area contributed by atoms with Gasteiger partial charge in [-0.05, 0) is 23.6 Å². The van der Waals surface area contributed by atoms with Crippen molar-refractivity contribution in [2.75, 3.05) is 24.5 Å². The van der Waals surface area contributed by atoms with Gasteiger partial charge in [-0.2, -0.15) is 5.26 Å². The van der Waals surface area contributed by atoms with E-state index in [-0.39, 0.29) is 17.3 Å². The first kappa shape index (κ1) is 13.8. The van der Waals surface area contributed by atoms with Crippen LogP contribution in [0.25, 0.3) is 0 Å². The van der Waals surface area contributed by atoms with Crippen LogP contribution < -0.4 is 10.2 Å². The van der Waals surface area contributed by atoms with E-state index in [1.165, 1.54) is 6.07 Å². The van der Waals surface area contributed by atoms with Gasteiger partial charge in [0, 0.05) is 25.3 Å². The van der Waals surface area contributed by atoms with Crippen LogP contribution in [0.1, 0.15) is 20.3 Å². The summed E-state index contributed by atoms with van der Waals surface area (Å²) in [6.07, 6.45) is 0.444. The fraction of sp³-hybridized carbons (Fsp3) is 0.533. The maximum absolute atomic E-state index is 13.4. The van der Waals surface area contributed by atoms with Crippen molar-refractivity contribution in [3.05, 3.63) is 30.1 Å². The normalized spacial score (nSPS) is 22.6. The molecule has 0 amide bonds. The molecule has 1 N–H and O–H groups in total. The predicted molar refractivity (Wildman–Crippen MR) is 74.4 cm³/mol. The quantitative estimate of drug-likeness (QED) is 0.889. The average Bonchev–Trinajstić information content (AvgIpc) is 2.49. The van der Waals surface area contributed by atoms with Gasteiger partial charge in [0.05, 0.1) is 18.5 Å². The predicted octanol–water partition coefficient (Wildman–Crippen LogP) is 2.54. The second-order valence-electron chi connectivity index (χ2n) is 5.92. The lowest BCUT2D eigenvalue weighted by atomic mass is 9.92. The number of nitrogens with zero attached hydrogens (tertiary/aromatic N) is 2. The molecule has 0 radical (unpaired) electrons. The maximum Gasteiger partial charge on any atom is 0.125 e. The van der Waals surface area contributed by atoms with Crippen molar-refractivity contribution in [1.29, 1.82) is 5.26 Å². The highest BCUT2D eigenvalue weighted by Gasteiger charge is 2.30. The summed E-state index contributed by atoms with van der Waals surface area (Å²) in [6.45, 7) is 6.84. The number of nitrogens with one attached hydrogen (secondary N) is 1. The Labute approximate surface area is 114 Å². The average molecular weight is 261 g/mol. The highest BCUT2D eigenvalue weighted by molar-refractivity contribution is 5.48. The van der Waals surface area contributed by atoms with Crippen molar-refractivity contribution in [1.82, 2.24) is 5.32 Å². The van der Waals surface area contributed by atoms with Crippen molar-refractivity contribution >= 4 is 5.69 Å². The van der Waals surface area contributed by atoms with E-state index >= 15 is 0 Å². The minimum Gasteiger partial charge on any atom is -0.366 e. The van der Waals surface area contributed by atoms with Crippen LogP contribution in [0.3, 0.4) is 0 Å². The van der Waals surface area contributed by atoms with Crippen LogP contribution in [0.5, 0.6) is 0 Å². The molecule has 0 saturated carbocycles. The van der Waals surface area contributed by atoms with Gasteiger partial charge in [0.1, 0.15) is 5.82 Å². The highest BCUT2D eigenvalue weighted by atomic mass is 19.1. The van der Waals surface area contributed by atoms with Crippen molar-refractivity contribution < 1.29 is 4.39 Å². The molecule has 1 unspecified atom stereocenters. The number of halogens is 1. The zero-order chi connectivity index (χ0) is 13.9. The van der Waals surface area contributed by atoms with E-state index in [1.807, 2.05) is 6.07 Å². The molecular formula is C15H20FN3. The molecule has 1 aromatic rings. The molecule has 0 aromatic heterocycles. The lowest BCUT2D eigenvalue weighted by Crippen LogP contribution is -2.41. The number of rotatable bonds is 2. The number of hydrogen-bond acceptors (Lipinski definition) is 3. The van der Waals surface area contributed by atoms with Gasteiger partial charge in [0.15, 0.2) is 0 Å². The first-order valence-electron chi connectivity index (χ1n) is 6.62. The van der Waals surface area contributed by atoms with E-state index < -0.39 is 0 Å². The summed E-state index contributed by atoms with van der Waals surface area (Å²) in [5.41, 5.74) is 0.952. The minimum absolute atomic E-state index is 0.0913. The Hall–Kier alpha value is -1.60. The number of nitriles is 1. The fourth-order valence-corrected chi connectivity index (χ4v) is 2.58. The van der Waals surface area contributed by atoms with E-state index in [0.29, 0.717) is 6.42 Å². The third-order valence-corrected chi connectivity index (χ3v) is 3.49. The van der Waals surface area contributed by atoms with Gasteiger partial charge in [0.25, 0.3) is 0 Å². The fourth-order valence-electron chi connectivity index (χ4n) is 2.58. The van der Waals surface area contributed by atoms with Crippen LogP contribution in [-0.2, 0) is 0 Å². The van der Waals surface area contributed by atoms with E-state index in [4.69, 9.17) is 5.26 Å². The Morgan fingerprint density at radius 3 is 3.00 bits per heavy atom. The SMILES string of the molecule is CC1(C)CNCC(CC#N)N(c2cccc(F)c2)C1. The van der Waals surface area contributed by atoms with Gasteiger partial charge in [-0.1, -0.05) is 19.9 Å². The molecule has 102 valence electrons. The first-order chi connectivity index (χ1) is 9.02. The van der Waals surface area contributed by atoms with Gasteiger partial charge in [0.2, 0.25) is 0 Å². The molecular weight excluding hydrogens is 241 g/mol. The molecule has 1 saturated heterocycles. The van der Waals surface area contributed by atoms with Gasteiger partial charge < -0.3 is 10.2 Å². The summed E-state index contributed by atoms with van der Waals surface area (Å²) in [5, 5.41) is 12.4. The zero-order valence-electron chi connectivity index (χ0n) is 11.5. The molecule has 0 aliphatic carbocycles. The molecule has 1 aliphatic rings. The molecule has 4 heteroatoms. The van der Waals surface area contributed by atoms with Crippen LogP contribution in [-0.4, -0.2) is 25.7 Å². The molecule has 19 heavy (non-hydrogen) atoms. The van der Waals surface area contributed by atoms with Crippen LogP contribution in [0.2, 0.25) is 0 Å². The number of hydrogen-bond donors (Lipinski definition) is 1. The van der Waals surface area contributed by atoms with Crippen molar-refractivity contribution in [2.45, 2.75) is 26.3 Å². The van der Waals surface area contributed by atoms with E-state index in [1.54, 1.807) is 12.1 Å². The number of benzene rings is 1. The molecule has 1 atom stereocenters. The molecule has 1 fully saturated rings. The second-order valence-corrected chi connectivity index (χ2v) is 5.92. The summed E-state index contributed by atoms with van der Waals surface area (Å²) in [5.74, 6) is -0.233. The van der Waals surface area contributed by atoms with Crippen LogP contribution >= 0.6 is 0 Å². The second kappa shape index (κ2) is 5.58. The molecule has 0 bridgehead atoms. The molecule has 1 aliphatic heterocycles. The summed E-state index contributed by atoms with van der Waals surface area (Å²) in [6, 6.07) is 8.95. The largest absolute Gasteiger partial charge is 0.366 e. The van der Waals surface area contributed by atoms with Gasteiger partial charge in [-0.15, -0.1) is 0 Å². The lowest BCUT2D eigenvalue weighted by Gasteiger charge is -2.35. The third kappa shape index (κ3) is 3.45. The smallest absolute Gasteiger partial charge is 0.125 e. The monoisotopic (exact) mass is 261 g/mol. The van der Waals surface area contributed by atoms with Crippen molar-refractivity contribution in [2.24, 2.45) is 5.41 Å². The Morgan fingerprint density at radius 1 is 1.53 bits per heavy atom. The van der Waals surface area contributed by atoms with Gasteiger partial charge in [-0.3, -0.25) is 0 Å². The molecule has 1 aromatic carbocycles. The molecule has 0 spiro atoms. The highest BCUT2D eigenvalue weighted by Crippen LogP contribution is 2.27. The van der Waals surface area contributed by atoms with Crippen LogP contribution in [0.15, 0.2) is 24.3 Å². The van der Waals surface area contributed by atoms with E-state index in [0.717, 1.165) is 25.3 Å². The molecule has 2 rings (SSSR count). The standard InChI is InChI=1S/C15H20FN3/c1-15(2)10-18-9-14(6-7-17)19(11-15)13-5-3-4-12(16)8-13/h3-5,8,14,18H,6,9-11H2,1-2H3. The minimum atomic E-state index is -0.233. The maximum atomic E-state index is 13.4. The van der Waals surface area contributed by atoms with E-state index in [2.05, 4.69) is 30.1 Å². The topological polar surface area (TPSA) is 39.1 Å². The van der Waals surface area contributed by atoms with Crippen LogP contribution in [0, 0.1) is 22.6 Å². The summed E-state index contributed by atoms with van der Waals surface area (Å²) < 4.78 is 13.4. The van der Waals surface area contributed by atoms with Gasteiger partial charge >= 0.3 is 0 Å². The zero-order valence-corrected chi connectivity index (χ0v) is 11.5. The first-order valence-corrected chi connectivity index (χ1v) is 6.62. The Kier molecular flexibility index (Phi) is 4.06.